The van der Waals surface area contributed by atoms with Crippen molar-refractivity contribution >= 4 is 28.5 Å². The van der Waals surface area contributed by atoms with Gasteiger partial charge in [0.2, 0.25) is 5.91 Å². The number of nitrogens with zero attached hydrogens (tertiary/aromatic N) is 1. The van der Waals surface area contributed by atoms with Gasteiger partial charge in [0, 0.05) is 11.1 Å². The van der Waals surface area contributed by atoms with Gasteiger partial charge in [-0.05, 0) is 30.2 Å². The van der Waals surface area contributed by atoms with Gasteiger partial charge in [-0.25, -0.2) is 0 Å². The Balaban J connectivity index is 1.62. The van der Waals surface area contributed by atoms with Gasteiger partial charge in [-0.1, -0.05) is 37.3 Å². The first-order valence-electron chi connectivity index (χ1n) is 8.06. The Kier molecular flexibility index (Phi) is 4.79. The lowest BCUT2D eigenvalue weighted by Gasteiger charge is -2.08. The molecule has 0 fully saturated rings. The second-order valence-electron chi connectivity index (χ2n) is 6.08. The van der Waals surface area contributed by atoms with Crippen LogP contribution in [0.3, 0.4) is 0 Å². The van der Waals surface area contributed by atoms with Crippen molar-refractivity contribution in [3.05, 3.63) is 59.8 Å². The number of aliphatic carboxylic acids is 1. The fourth-order valence-electron chi connectivity index (χ4n) is 2.68. The van der Waals surface area contributed by atoms with E-state index in [-0.39, 0.29) is 12.3 Å². The standard InChI is InChI=1S/C19H19N3O3/c1-12(19(24)25)10-13-6-8-14(9-7-13)20-18(23)11-17-15-4-2-3-5-16(15)21-22-17/h2-9,12H,10-11H2,1H3,(H,20,23)(H,21,22)(H,24,25). The first-order chi connectivity index (χ1) is 12.0. The summed E-state index contributed by atoms with van der Waals surface area (Å²) in [5.41, 5.74) is 3.22. The molecule has 1 heterocycles. The number of hydrogen-bond donors (Lipinski definition) is 3. The van der Waals surface area contributed by atoms with E-state index in [1.54, 1.807) is 19.1 Å². The molecule has 0 saturated heterocycles. The molecule has 2 aromatic carbocycles. The van der Waals surface area contributed by atoms with Gasteiger partial charge < -0.3 is 10.4 Å². The highest BCUT2D eigenvalue weighted by molar-refractivity contribution is 5.95. The molecule has 0 aliphatic rings. The number of hydrogen-bond acceptors (Lipinski definition) is 3. The first-order valence-corrected chi connectivity index (χ1v) is 8.06. The fourth-order valence-corrected chi connectivity index (χ4v) is 2.68. The van der Waals surface area contributed by atoms with E-state index in [1.807, 2.05) is 36.4 Å². The van der Waals surface area contributed by atoms with Crippen molar-refractivity contribution in [3.8, 4) is 0 Å². The third-order valence-electron chi connectivity index (χ3n) is 4.08. The summed E-state index contributed by atoms with van der Waals surface area (Å²) in [6, 6.07) is 14.9. The van der Waals surface area contributed by atoms with E-state index in [0.717, 1.165) is 22.2 Å². The Morgan fingerprint density at radius 1 is 1.16 bits per heavy atom. The van der Waals surface area contributed by atoms with Gasteiger partial charge in [0.15, 0.2) is 0 Å². The summed E-state index contributed by atoms with van der Waals surface area (Å²) in [4.78, 5) is 23.1. The summed E-state index contributed by atoms with van der Waals surface area (Å²) in [6.07, 6.45) is 0.669. The number of nitrogens with one attached hydrogen (secondary N) is 2. The number of para-hydroxylation sites is 1. The van der Waals surface area contributed by atoms with Crippen LogP contribution in [-0.4, -0.2) is 27.2 Å². The van der Waals surface area contributed by atoms with Crippen LogP contribution in [0.1, 0.15) is 18.2 Å². The molecule has 128 valence electrons. The maximum Gasteiger partial charge on any atom is 0.306 e. The highest BCUT2D eigenvalue weighted by Gasteiger charge is 2.12. The first kappa shape index (κ1) is 16.7. The van der Waals surface area contributed by atoms with Gasteiger partial charge in [0.25, 0.3) is 0 Å². The lowest BCUT2D eigenvalue weighted by atomic mass is 10.0. The molecule has 0 spiro atoms. The number of carbonyl (C=O) groups excluding carboxylic acids is 1. The maximum atomic E-state index is 12.2. The third-order valence-corrected chi connectivity index (χ3v) is 4.08. The molecule has 0 saturated carbocycles. The number of aromatic nitrogens is 2. The molecular weight excluding hydrogens is 318 g/mol. The molecular formula is C19H19N3O3. The molecule has 1 aromatic heterocycles. The SMILES string of the molecule is CC(Cc1ccc(NC(=O)Cc2[nH]nc3ccccc23)cc1)C(=O)O. The zero-order chi connectivity index (χ0) is 17.8. The van der Waals surface area contributed by atoms with E-state index in [1.165, 1.54) is 0 Å². The quantitative estimate of drug-likeness (QED) is 0.644. The summed E-state index contributed by atoms with van der Waals surface area (Å²) >= 11 is 0. The summed E-state index contributed by atoms with van der Waals surface area (Å²) in [7, 11) is 0. The Labute approximate surface area is 144 Å². The van der Waals surface area contributed by atoms with E-state index in [0.29, 0.717) is 12.1 Å². The number of benzene rings is 2. The number of carboxylic acids is 1. The van der Waals surface area contributed by atoms with E-state index in [2.05, 4.69) is 15.5 Å². The lowest BCUT2D eigenvalue weighted by Crippen LogP contribution is -2.15. The Bertz CT molecular complexity index is 900. The summed E-state index contributed by atoms with van der Waals surface area (Å²) < 4.78 is 0. The minimum absolute atomic E-state index is 0.138. The van der Waals surface area contributed by atoms with E-state index in [4.69, 9.17) is 5.11 Å². The Hall–Kier alpha value is -3.15. The Morgan fingerprint density at radius 2 is 1.88 bits per heavy atom. The van der Waals surface area contributed by atoms with Crippen molar-refractivity contribution < 1.29 is 14.7 Å². The fraction of sp³-hybridized carbons (Fsp3) is 0.211. The van der Waals surface area contributed by atoms with Gasteiger partial charge in [-0.2, -0.15) is 5.10 Å². The van der Waals surface area contributed by atoms with Crippen LogP contribution in [0.25, 0.3) is 10.9 Å². The number of fused-ring (bicyclic) bond motifs is 1. The molecule has 3 aromatic rings. The highest BCUT2D eigenvalue weighted by atomic mass is 16.4. The number of anilines is 1. The predicted molar refractivity (Wildman–Crippen MR) is 95.4 cm³/mol. The smallest absolute Gasteiger partial charge is 0.306 e. The average Bonchev–Trinajstić information content (AvgIpc) is 2.99. The molecule has 0 bridgehead atoms. The molecule has 0 radical (unpaired) electrons. The largest absolute Gasteiger partial charge is 0.481 e. The summed E-state index contributed by atoms with van der Waals surface area (Å²) in [5, 5.41) is 19.8. The van der Waals surface area contributed by atoms with E-state index < -0.39 is 11.9 Å². The molecule has 6 heteroatoms. The number of rotatable bonds is 6. The van der Waals surface area contributed by atoms with E-state index in [9.17, 15) is 9.59 Å². The Morgan fingerprint density at radius 3 is 2.60 bits per heavy atom. The van der Waals surface area contributed by atoms with Crippen LogP contribution in [-0.2, 0) is 22.4 Å². The van der Waals surface area contributed by atoms with Gasteiger partial charge in [-0.3, -0.25) is 14.7 Å². The van der Waals surface area contributed by atoms with Gasteiger partial charge in [0.05, 0.1) is 23.5 Å². The van der Waals surface area contributed by atoms with Crippen LogP contribution in [0.5, 0.6) is 0 Å². The average molecular weight is 337 g/mol. The minimum atomic E-state index is -0.816. The molecule has 0 aliphatic heterocycles. The molecule has 0 aliphatic carbocycles. The van der Waals surface area contributed by atoms with Crippen molar-refractivity contribution in [1.82, 2.24) is 10.2 Å². The predicted octanol–water partition coefficient (Wildman–Crippen LogP) is 3.01. The second kappa shape index (κ2) is 7.17. The third kappa shape index (κ3) is 4.03. The zero-order valence-electron chi connectivity index (χ0n) is 13.8. The molecule has 3 N–H and O–H groups in total. The normalized spacial score (nSPS) is 12.0. The monoisotopic (exact) mass is 337 g/mol. The lowest BCUT2D eigenvalue weighted by molar-refractivity contribution is -0.141. The number of H-pyrrole nitrogens is 1. The van der Waals surface area contributed by atoms with Crippen molar-refractivity contribution in [2.45, 2.75) is 19.8 Å². The van der Waals surface area contributed by atoms with Crippen LogP contribution in [0.2, 0.25) is 0 Å². The van der Waals surface area contributed by atoms with Gasteiger partial charge in [-0.15, -0.1) is 0 Å². The van der Waals surface area contributed by atoms with Crippen LogP contribution >= 0.6 is 0 Å². The summed E-state index contributed by atoms with van der Waals surface area (Å²) in [5.74, 6) is -1.39. The molecule has 3 rings (SSSR count). The van der Waals surface area contributed by atoms with Gasteiger partial charge in [0.1, 0.15) is 0 Å². The summed E-state index contributed by atoms with van der Waals surface area (Å²) in [6.45, 7) is 1.67. The van der Waals surface area contributed by atoms with Crippen molar-refractivity contribution in [2.24, 2.45) is 5.92 Å². The topological polar surface area (TPSA) is 95.1 Å². The highest BCUT2D eigenvalue weighted by Crippen LogP contribution is 2.17. The van der Waals surface area contributed by atoms with Crippen molar-refractivity contribution in [2.75, 3.05) is 5.32 Å². The van der Waals surface area contributed by atoms with E-state index >= 15 is 0 Å². The molecule has 1 unspecified atom stereocenters. The maximum absolute atomic E-state index is 12.2. The van der Waals surface area contributed by atoms with Crippen LogP contribution < -0.4 is 5.32 Å². The number of amides is 1. The van der Waals surface area contributed by atoms with Crippen LogP contribution in [0.15, 0.2) is 48.5 Å². The number of aromatic amines is 1. The molecule has 6 nitrogen and oxygen atoms in total. The number of carboxylic acid groups (broad SMARTS) is 1. The van der Waals surface area contributed by atoms with Crippen LogP contribution in [0, 0.1) is 5.92 Å². The number of carbonyl (C=O) groups is 2. The molecule has 25 heavy (non-hydrogen) atoms. The van der Waals surface area contributed by atoms with Gasteiger partial charge >= 0.3 is 5.97 Å². The van der Waals surface area contributed by atoms with Crippen molar-refractivity contribution in [1.29, 1.82) is 0 Å². The second-order valence-corrected chi connectivity index (χ2v) is 6.08. The minimum Gasteiger partial charge on any atom is -0.481 e. The molecule has 1 amide bonds. The zero-order valence-corrected chi connectivity index (χ0v) is 13.8. The van der Waals surface area contributed by atoms with Crippen molar-refractivity contribution in [3.63, 3.8) is 0 Å². The molecule has 1 atom stereocenters. The van der Waals surface area contributed by atoms with Crippen LogP contribution in [0.4, 0.5) is 5.69 Å².